The average molecular weight is 215 g/mol. The van der Waals surface area contributed by atoms with E-state index in [4.69, 9.17) is 11.0 Å². The molecule has 0 spiro atoms. The zero-order valence-corrected chi connectivity index (χ0v) is 9.03. The molecule has 1 aromatic carbocycles. The Morgan fingerprint density at radius 3 is 2.88 bits per heavy atom. The first-order valence-corrected chi connectivity index (χ1v) is 5.19. The van der Waals surface area contributed by atoms with Crippen LogP contribution in [-0.2, 0) is 4.79 Å². The SMILES string of the molecule is Cc1ccc(C#N)cc1NC(=O)C1CC1N. The zero-order chi connectivity index (χ0) is 11.7. The molecule has 1 aliphatic rings. The normalized spacial score (nSPS) is 22.3. The van der Waals surface area contributed by atoms with E-state index in [1.807, 2.05) is 19.1 Å². The van der Waals surface area contributed by atoms with E-state index in [-0.39, 0.29) is 17.9 Å². The van der Waals surface area contributed by atoms with Crippen LogP contribution in [0.1, 0.15) is 17.5 Å². The van der Waals surface area contributed by atoms with Gasteiger partial charge < -0.3 is 11.1 Å². The van der Waals surface area contributed by atoms with E-state index >= 15 is 0 Å². The number of aryl methyl sites for hydroxylation is 1. The van der Waals surface area contributed by atoms with Crippen molar-refractivity contribution in [2.24, 2.45) is 11.7 Å². The Morgan fingerprint density at radius 1 is 1.62 bits per heavy atom. The summed E-state index contributed by atoms with van der Waals surface area (Å²) >= 11 is 0. The summed E-state index contributed by atoms with van der Waals surface area (Å²) in [5, 5.41) is 11.6. The number of anilines is 1. The Kier molecular flexibility index (Phi) is 2.63. The highest BCUT2D eigenvalue weighted by Crippen LogP contribution is 2.29. The summed E-state index contributed by atoms with van der Waals surface area (Å²) in [7, 11) is 0. The third-order valence-corrected chi connectivity index (χ3v) is 2.80. The zero-order valence-electron chi connectivity index (χ0n) is 9.03. The monoisotopic (exact) mass is 215 g/mol. The maximum Gasteiger partial charge on any atom is 0.229 e. The Hall–Kier alpha value is -1.86. The molecule has 1 aromatic rings. The minimum absolute atomic E-state index is 0.000504. The van der Waals surface area contributed by atoms with Gasteiger partial charge in [-0.15, -0.1) is 0 Å². The molecule has 4 heteroatoms. The van der Waals surface area contributed by atoms with Crippen LogP contribution in [0.25, 0.3) is 0 Å². The van der Waals surface area contributed by atoms with Gasteiger partial charge in [0.05, 0.1) is 17.6 Å². The highest BCUT2D eigenvalue weighted by molar-refractivity contribution is 5.95. The van der Waals surface area contributed by atoms with Gasteiger partial charge in [0.1, 0.15) is 0 Å². The van der Waals surface area contributed by atoms with Crippen molar-refractivity contribution in [1.82, 2.24) is 0 Å². The number of carbonyl (C=O) groups is 1. The second-order valence-corrected chi connectivity index (χ2v) is 4.14. The predicted molar refractivity (Wildman–Crippen MR) is 60.6 cm³/mol. The fraction of sp³-hybridized carbons (Fsp3) is 0.333. The van der Waals surface area contributed by atoms with Gasteiger partial charge in [-0.1, -0.05) is 6.07 Å². The number of nitrogens with zero attached hydrogens (tertiary/aromatic N) is 1. The molecule has 0 aromatic heterocycles. The lowest BCUT2D eigenvalue weighted by atomic mass is 10.1. The molecule has 16 heavy (non-hydrogen) atoms. The van der Waals surface area contributed by atoms with Crippen LogP contribution in [-0.4, -0.2) is 11.9 Å². The van der Waals surface area contributed by atoms with Crippen molar-refractivity contribution >= 4 is 11.6 Å². The van der Waals surface area contributed by atoms with Gasteiger partial charge in [-0.3, -0.25) is 4.79 Å². The summed E-state index contributed by atoms with van der Waals surface area (Å²) in [6, 6.07) is 7.28. The van der Waals surface area contributed by atoms with Crippen LogP contribution in [0.15, 0.2) is 18.2 Å². The Morgan fingerprint density at radius 2 is 2.31 bits per heavy atom. The maximum atomic E-state index is 11.7. The summed E-state index contributed by atoms with van der Waals surface area (Å²) in [6.07, 6.45) is 0.753. The lowest BCUT2D eigenvalue weighted by Gasteiger charge is -2.08. The van der Waals surface area contributed by atoms with Crippen LogP contribution in [0.2, 0.25) is 0 Å². The van der Waals surface area contributed by atoms with Crippen LogP contribution in [0, 0.1) is 24.2 Å². The van der Waals surface area contributed by atoms with Crippen LogP contribution < -0.4 is 11.1 Å². The van der Waals surface area contributed by atoms with Crippen molar-refractivity contribution in [1.29, 1.82) is 5.26 Å². The number of nitrogens with two attached hydrogens (primary N) is 1. The number of benzene rings is 1. The molecule has 0 heterocycles. The molecule has 0 bridgehead atoms. The standard InChI is InChI=1S/C12H13N3O/c1-7-2-3-8(6-13)4-11(7)15-12(16)9-5-10(9)14/h2-4,9-10H,5,14H2,1H3,(H,15,16). The predicted octanol–water partition coefficient (Wildman–Crippen LogP) is 1.15. The van der Waals surface area contributed by atoms with Crippen molar-refractivity contribution < 1.29 is 4.79 Å². The maximum absolute atomic E-state index is 11.7. The summed E-state index contributed by atoms with van der Waals surface area (Å²) in [6.45, 7) is 1.89. The quantitative estimate of drug-likeness (QED) is 0.776. The van der Waals surface area contributed by atoms with Gasteiger partial charge >= 0.3 is 0 Å². The lowest BCUT2D eigenvalue weighted by molar-refractivity contribution is -0.117. The van der Waals surface area contributed by atoms with Gasteiger partial charge in [-0.2, -0.15) is 5.26 Å². The van der Waals surface area contributed by atoms with Crippen molar-refractivity contribution in [3.8, 4) is 6.07 Å². The van der Waals surface area contributed by atoms with Gasteiger partial charge in [-0.25, -0.2) is 0 Å². The molecule has 3 N–H and O–H groups in total. The van der Waals surface area contributed by atoms with Gasteiger partial charge in [0.2, 0.25) is 5.91 Å². The third-order valence-electron chi connectivity index (χ3n) is 2.80. The van der Waals surface area contributed by atoms with Crippen molar-refractivity contribution in [3.05, 3.63) is 29.3 Å². The van der Waals surface area contributed by atoms with E-state index in [1.54, 1.807) is 12.1 Å². The Bertz CT molecular complexity index is 476. The molecule has 1 fully saturated rings. The Balaban J connectivity index is 2.14. The highest BCUT2D eigenvalue weighted by atomic mass is 16.2. The van der Waals surface area contributed by atoms with Crippen LogP contribution in [0.4, 0.5) is 5.69 Å². The number of amides is 1. The number of hydrogen-bond acceptors (Lipinski definition) is 3. The fourth-order valence-corrected chi connectivity index (χ4v) is 1.57. The van der Waals surface area contributed by atoms with Crippen LogP contribution in [0.5, 0.6) is 0 Å². The van der Waals surface area contributed by atoms with Gasteiger partial charge in [0.15, 0.2) is 0 Å². The number of rotatable bonds is 2. The summed E-state index contributed by atoms with van der Waals surface area (Å²) in [4.78, 5) is 11.7. The molecule has 0 aliphatic heterocycles. The second kappa shape index (κ2) is 3.95. The fourth-order valence-electron chi connectivity index (χ4n) is 1.57. The molecule has 0 radical (unpaired) electrons. The van der Waals surface area contributed by atoms with Gasteiger partial charge in [0.25, 0.3) is 0 Å². The van der Waals surface area contributed by atoms with E-state index in [0.29, 0.717) is 11.3 Å². The minimum atomic E-state index is -0.0647. The summed E-state index contributed by atoms with van der Waals surface area (Å²) in [5.74, 6) is -0.115. The first-order valence-electron chi connectivity index (χ1n) is 5.19. The smallest absolute Gasteiger partial charge is 0.229 e. The van der Waals surface area contributed by atoms with E-state index in [0.717, 1.165) is 12.0 Å². The van der Waals surface area contributed by atoms with Crippen molar-refractivity contribution in [3.63, 3.8) is 0 Å². The molecule has 1 amide bonds. The Labute approximate surface area is 94.1 Å². The number of nitrogens with one attached hydrogen (secondary N) is 1. The van der Waals surface area contributed by atoms with Gasteiger partial charge in [-0.05, 0) is 31.0 Å². The van der Waals surface area contributed by atoms with Crippen molar-refractivity contribution in [2.75, 3.05) is 5.32 Å². The number of hydrogen-bond donors (Lipinski definition) is 2. The molecule has 1 saturated carbocycles. The molecular weight excluding hydrogens is 202 g/mol. The molecule has 2 rings (SSSR count). The lowest BCUT2D eigenvalue weighted by Crippen LogP contribution is -2.19. The molecule has 2 unspecified atom stereocenters. The molecule has 1 aliphatic carbocycles. The van der Waals surface area contributed by atoms with E-state index in [1.165, 1.54) is 0 Å². The summed E-state index contributed by atoms with van der Waals surface area (Å²) < 4.78 is 0. The first kappa shape index (κ1) is 10.7. The van der Waals surface area contributed by atoms with E-state index < -0.39 is 0 Å². The largest absolute Gasteiger partial charge is 0.327 e. The van der Waals surface area contributed by atoms with Gasteiger partial charge in [0, 0.05) is 11.7 Å². The second-order valence-electron chi connectivity index (χ2n) is 4.14. The van der Waals surface area contributed by atoms with Crippen LogP contribution in [0.3, 0.4) is 0 Å². The third kappa shape index (κ3) is 2.05. The molecule has 2 atom stereocenters. The average Bonchev–Trinajstić information content (AvgIpc) is 2.99. The topological polar surface area (TPSA) is 78.9 Å². The minimum Gasteiger partial charge on any atom is -0.327 e. The molecule has 0 saturated heterocycles. The van der Waals surface area contributed by atoms with E-state index in [9.17, 15) is 4.79 Å². The van der Waals surface area contributed by atoms with Crippen LogP contribution >= 0.6 is 0 Å². The highest BCUT2D eigenvalue weighted by Gasteiger charge is 2.40. The number of nitriles is 1. The molecular formula is C12H13N3O. The van der Waals surface area contributed by atoms with E-state index in [2.05, 4.69) is 5.32 Å². The number of carbonyl (C=O) groups excluding carboxylic acids is 1. The van der Waals surface area contributed by atoms with Crippen molar-refractivity contribution in [2.45, 2.75) is 19.4 Å². The molecule has 82 valence electrons. The molecule has 4 nitrogen and oxygen atoms in total. The summed E-state index contributed by atoms with van der Waals surface area (Å²) in [5.41, 5.74) is 7.79. The first-order chi connectivity index (χ1) is 7.61.